The average molecular weight is 372 g/mol. The van der Waals surface area contributed by atoms with Gasteiger partial charge in [0.1, 0.15) is 0 Å². The van der Waals surface area contributed by atoms with E-state index < -0.39 is 0 Å². The van der Waals surface area contributed by atoms with Crippen molar-refractivity contribution < 1.29 is 4.79 Å². The van der Waals surface area contributed by atoms with Gasteiger partial charge in [0.2, 0.25) is 0 Å². The second-order valence-corrected chi connectivity index (χ2v) is 5.79. The minimum atomic E-state index is -0.148. The Labute approximate surface area is 122 Å². The van der Waals surface area contributed by atoms with Crippen LogP contribution in [0.2, 0.25) is 0 Å². The maximum absolute atomic E-state index is 12.2. The highest BCUT2D eigenvalue weighted by Gasteiger charge is 2.12. The van der Waals surface area contributed by atoms with Gasteiger partial charge >= 0.3 is 0 Å². The summed E-state index contributed by atoms with van der Waals surface area (Å²) < 4.78 is 3.41. The first-order chi connectivity index (χ1) is 8.49. The molecular formula is C13H12Br2N2O. The molecule has 0 radical (unpaired) electrons. The summed E-state index contributed by atoms with van der Waals surface area (Å²) in [4.78, 5) is 12.2. The van der Waals surface area contributed by atoms with Crippen LogP contribution in [-0.4, -0.2) is 10.6 Å². The van der Waals surface area contributed by atoms with Crippen LogP contribution in [0.4, 0.5) is 0 Å². The van der Waals surface area contributed by atoms with Crippen LogP contribution < -0.4 is 5.43 Å². The van der Waals surface area contributed by atoms with Crippen LogP contribution in [0.3, 0.4) is 0 Å². The lowest BCUT2D eigenvalue weighted by Crippen LogP contribution is -2.25. The van der Waals surface area contributed by atoms with E-state index in [1.165, 1.54) is 0 Å². The monoisotopic (exact) mass is 370 g/mol. The molecule has 0 atom stereocenters. The maximum atomic E-state index is 12.2. The molecule has 2 aromatic rings. The van der Waals surface area contributed by atoms with Crippen molar-refractivity contribution in [3.63, 3.8) is 0 Å². The molecule has 2 rings (SSSR count). The molecule has 0 aliphatic carbocycles. The van der Waals surface area contributed by atoms with E-state index in [0.29, 0.717) is 5.56 Å². The number of benzene rings is 1. The van der Waals surface area contributed by atoms with Gasteiger partial charge in [-0.3, -0.25) is 14.9 Å². The number of aromatic nitrogens is 1. The zero-order valence-electron chi connectivity index (χ0n) is 10.00. The maximum Gasteiger partial charge on any atom is 0.271 e. The van der Waals surface area contributed by atoms with E-state index in [4.69, 9.17) is 0 Å². The summed E-state index contributed by atoms with van der Waals surface area (Å²) in [6.07, 6.45) is 0. The highest BCUT2D eigenvalue weighted by molar-refractivity contribution is 9.11. The minimum absolute atomic E-state index is 0.148. The predicted octanol–water partition coefficient (Wildman–Crippen LogP) is 4.01. The zero-order chi connectivity index (χ0) is 13.3. The van der Waals surface area contributed by atoms with E-state index in [1.54, 1.807) is 10.7 Å². The molecule has 0 unspecified atom stereocenters. The molecule has 1 heterocycles. The number of carbonyl (C=O) groups is 1. The third-order valence-electron chi connectivity index (χ3n) is 2.66. The number of hydrogen-bond acceptors (Lipinski definition) is 1. The lowest BCUT2D eigenvalue weighted by molar-refractivity contribution is 0.101. The molecule has 1 aromatic carbocycles. The van der Waals surface area contributed by atoms with Crippen molar-refractivity contribution in [2.75, 3.05) is 5.43 Å². The molecule has 5 heteroatoms. The van der Waals surface area contributed by atoms with Gasteiger partial charge in [0, 0.05) is 20.3 Å². The molecule has 3 nitrogen and oxygen atoms in total. The Kier molecular flexibility index (Phi) is 3.92. The smallest absolute Gasteiger partial charge is 0.267 e. The second kappa shape index (κ2) is 5.28. The lowest BCUT2D eigenvalue weighted by Gasteiger charge is -2.12. The largest absolute Gasteiger partial charge is 0.271 e. The molecule has 0 saturated heterocycles. The number of hydrogen-bond donors (Lipinski definition) is 1. The normalized spacial score (nSPS) is 10.4. The molecule has 0 aliphatic rings. The van der Waals surface area contributed by atoms with E-state index in [9.17, 15) is 4.79 Å². The Morgan fingerprint density at radius 3 is 2.33 bits per heavy atom. The zero-order valence-corrected chi connectivity index (χ0v) is 13.2. The van der Waals surface area contributed by atoms with Crippen LogP contribution in [0.15, 0.2) is 39.3 Å². The summed E-state index contributed by atoms with van der Waals surface area (Å²) in [5.41, 5.74) is 5.45. The van der Waals surface area contributed by atoms with Crippen LogP contribution in [0.1, 0.15) is 21.7 Å². The minimum Gasteiger partial charge on any atom is -0.267 e. The van der Waals surface area contributed by atoms with Crippen molar-refractivity contribution in [1.29, 1.82) is 0 Å². The van der Waals surface area contributed by atoms with Crippen LogP contribution in [0.5, 0.6) is 0 Å². The fourth-order valence-corrected chi connectivity index (χ4v) is 2.47. The van der Waals surface area contributed by atoms with Gasteiger partial charge in [-0.05, 0) is 60.1 Å². The molecule has 0 spiro atoms. The van der Waals surface area contributed by atoms with Crippen molar-refractivity contribution in [3.8, 4) is 0 Å². The Balaban J connectivity index is 2.30. The first-order valence-electron chi connectivity index (χ1n) is 5.40. The third-order valence-corrected chi connectivity index (χ3v) is 3.84. The summed E-state index contributed by atoms with van der Waals surface area (Å²) in [6.45, 7) is 3.90. The lowest BCUT2D eigenvalue weighted by atomic mass is 10.2. The van der Waals surface area contributed by atoms with Gasteiger partial charge < -0.3 is 0 Å². The number of nitrogens with zero attached hydrogens (tertiary/aromatic N) is 1. The highest BCUT2D eigenvalue weighted by Crippen LogP contribution is 2.21. The molecule has 18 heavy (non-hydrogen) atoms. The molecule has 94 valence electrons. The van der Waals surface area contributed by atoms with Crippen LogP contribution in [-0.2, 0) is 0 Å². The van der Waals surface area contributed by atoms with Crippen molar-refractivity contribution >= 4 is 37.8 Å². The quantitative estimate of drug-likeness (QED) is 0.850. The van der Waals surface area contributed by atoms with Gasteiger partial charge in [0.05, 0.1) is 5.56 Å². The molecule has 0 aliphatic heterocycles. The van der Waals surface area contributed by atoms with Crippen molar-refractivity contribution in [1.82, 2.24) is 4.68 Å². The van der Waals surface area contributed by atoms with Crippen LogP contribution >= 0.6 is 31.9 Å². The predicted molar refractivity (Wildman–Crippen MR) is 79.4 cm³/mol. The van der Waals surface area contributed by atoms with Crippen molar-refractivity contribution in [2.45, 2.75) is 13.8 Å². The van der Waals surface area contributed by atoms with Gasteiger partial charge in [0.15, 0.2) is 0 Å². The van der Waals surface area contributed by atoms with Gasteiger partial charge in [-0.2, -0.15) is 0 Å². The van der Waals surface area contributed by atoms with Gasteiger partial charge in [0.25, 0.3) is 5.91 Å². The van der Waals surface area contributed by atoms with Crippen LogP contribution in [0.25, 0.3) is 0 Å². The summed E-state index contributed by atoms with van der Waals surface area (Å²) in [5, 5.41) is 0. The van der Waals surface area contributed by atoms with Crippen molar-refractivity contribution in [3.05, 3.63) is 56.2 Å². The fourth-order valence-electron chi connectivity index (χ4n) is 1.68. The molecule has 0 bridgehead atoms. The first kappa shape index (κ1) is 13.4. The fraction of sp³-hybridized carbons (Fsp3) is 0.154. The number of aryl methyl sites for hydroxylation is 2. The summed E-state index contributed by atoms with van der Waals surface area (Å²) in [6, 6.07) is 9.44. The standard InChI is InChI=1S/C13H12Br2N2O/c1-8-3-4-9(2)17(8)16-13(18)11-7-10(14)5-6-12(11)15/h3-7H,1-2H3,(H,16,18). The number of carbonyl (C=O) groups excluding carboxylic acids is 1. The van der Waals surface area contributed by atoms with Gasteiger partial charge in [-0.1, -0.05) is 15.9 Å². The van der Waals surface area contributed by atoms with E-state index in [-0.39, 0.29) is 5.91 Å². The van der Waals surface area contributed by atoms with E-state index >= 15 is 0 Å². The summed E-state index contributed by atoms with van der Waals surface area (Å²) >= 11 is 6.75. The Morgan fingerprint density at radius 1 is 1.11 bits per heavy atom. The topological polar surface area (TPSA) is 34.0 Å². The number of amides is 1. The molecular weight excluding hydrogens is 360 g/mol. The third kappa shape index (κ3) is 2.67. The summed E-state index contributed by atoms with van der Waals surface area (Å²) in [7, 11) is 0. The number of rotatable bonds is 2. The molecule has 0 saturated carbocycles. The Bertz CT molecular complexity index is 586. The van der Waals surface area contributed by atoms with Gasteiger partial charge in [-0.15, -0.1) is 0 Å². The highest BCUT2D eigenvalue weighted by atomic mass is 79.9. The first-order valence-corrected chi connectivity index (χ1v) is 6.99. The van der Waals surface area contributed by atoms with E-state index in [2.05, 4.69) is 37.3 Å². The Hall–Kier alpha value is -1.07. The SMILES string of the molecule is Cc1ccc(C)n1NC(=O)c1cc(Br)ccc1Br. The molecule has 1 amide bonds. The van der Waals surface area contributed by atoms with Crippen LogP contribution in [0, 0.1) is 13.8 Å². The number of nitrogens with one attached hydrogen (secondary N) is 1. The number of halogens is 2. The Morgan fingerprint density at radius 2 is 1.72 bits per heavy atom. The molecule has 1 N–H and O–H groups in total. The second-order valence-electron chi connectivity index (χ2n) is 4.02. The van der Waals surface area contributed by atoms with E-state index in [1.807, 2.05) is 38.1 Å². The van der Waals surface area contributed by atoms with Gasteiger partial charge in [-0.25, -0.2) is 0 Å². The van der Waals surface area contributed by atoms with Crippen molar-refractivity contribution in [2.24, 2.45) is 0 Å². The van der Waals surface area contributed by atoms with E-state index in [0.717, 1.165) is 20.3 Å². The molecule has 0 fully saturated rings. The average Bonchev–Trinajstić information content (AvgIpc) is 2.64. The molecule has 1 aromatic heterocycles. The summed E-state index contributed by atoms with van der Waals surface area (Å²) in [5.74, 6) is -0.148.